The zero-order chi connectivity index (χ0) is 24.7. The van der Waals surface area contributed by atoms with Crippen molar-refractivity contribution < 1.29 is 13.6 Å². The molecular weight excluding hydrogens is 452 g/mol. The number of pyridine rings is 2. The summed E-state index contributed by atoms with van der Waals surface area (Å²) >= 11 is 0. The second-order valence-electron chi connectivity index (χ2n) is 9.51. The van der Waals surface area contributed by atoms with Crippen LogP contribution in [0.25, 0.3) is 10.8 Å². The fraction of sp³-hybridized carbons (Fsp3) is 0.423. The van der Waals surface area contributed by atoms with Gasteiger partial charge in [0.1, 0.15) is 11.5 Å². The van der Waals surface area contributed by atoms with Gasteiger partial charge in [0.2, 0.25) is 5.95 Å². The number of hydrogen-bond acceptors (Lipinski definition) is 5. The molecule has 2 unspecified atom stereocenters. The molecular formula is C26H29F2N5O2. The number of benzene rings is 1. The molecule has 2 aliphatic rings. The Kier molecular flexibility index (Phi) is 6.27. The highest BCUT2D eigenvalue weighted by molar-refractivity contribution is 5.92. The van der Waals surface area contributed by atoms with Crippen LogP contribution in [0.4, 0.5) is 14.5 Å². The summed E-state index contributed by atoms with van der Waals surface area (Å²) < 4.78 is 28.3. The fourth-order valence-electron chi connectivity index (χ4n) is 5.56. The van der Waals surface area contributed by atoms with Crippen molar-refractivity contribution in [2.45, 2.75) is 38.1 Å². The summed E-state index contributed by atoms with van der Waals surface area (Å²) in [5.41, 5.74) is 1.93. The van der Waals surface area contributed by atoms with Crippen LogP contribution in [0.5, 0.6) is 0 Å². The average Bonchev–Trinajstić information content (AvgIpc) is 3.34. The molecule has 184 valence electrons. The third-order valence-electron chi connectivity index (χ3n) is 7.46. The Hall–Kier alpha value is -3.33. The summed E-state index contributed by atoms with van der Waals surface area (Å²) in [4.78, 5) is 35.5. The first-order valence-corrected chi connectivity index (χ1v) is 12.0. The van der Waals surface area contributed by atoms with Crippen molar-refractivity contribution in [3.63, 3.8) is 0 Å². The summed E-state index contributed by atoms with van der Waals surface area (Å²) in [7, 11) is 1.49. The number of fused-ring (bicyclic) bond motifs is 1. The molecule has 3 heterocycles. The number of aromatic amines is 1. The Morgan fingerprint density at radius 3 is 2.57 bits per heavy atom. The molecule has 35 heavy (non-hydrogen) atoms. The Morgan fingerprint density at radius 2 is 1.86 bits per heavy atom. The normalized spacial score (nSPS) is 21.0. The maximum absolute atomic E-state index is 14.6. The Balaban J connectivity index is 1.24. The molecule has 1 aliphatic carbocycles. The second-order valence-corrected chi connectivity index (χ2v) is 9.51. The van der Waals surface area contributed by atoms with Gasteiger partial charge in [0.15, 0.2) is 0 Å². The van der Waals surface area contributed by atoms with E-state index in [0.717, 1.165) is 49.0 Å². The predicted octanol–water partition coefficient (Wildman–Crippen LogP) is 3.33. The lowest BCUT2D eigenvalue weighted by Crippen LogP contribution is -2.50. The summed E-state index contributed by atoms with van der Waals surface area (Å²) in [5, 5.41) is 3.65. The number of hydrogen-bond donors (Lipinski definition) is 2. The maximum atomic E-state index is 14.6. The van der Waals surface area contributed by atoms with Crippen LogP contribution >= 0.6 is 0 Å². The molecule has 1 saturated heterocycles. The molecule has 0 spiro atoms. The largest absolute Gasteiger partial charge is 0.365 e. The zero-order valence-electron chi connectivity index (χ0n) is 19.9. The molecule has 9 heteroatoms. The van der Waals surface area contributed by atoms with Gasteiger partial charge in [-0.1, -0.05) is 0 Å². The number of H-pyrrole nitrogens is 1. The lowest BCUT2D eigenvalue weighted by molar-refractivity contribution is 0.0957. The number of rotatable bonds is 4. The van der Waals surface area contributed by atoms with Gasteiger partial charge in [-0.2, -0.15) is 4.39 Å². The van der Waals surface area contributed by atoms with E-state index < -0.39 is 17.7 Å². The number of nitrogens with zero attached hydrogens (tertiary/aromatic N) is 3. The van der Waals surface area contributed by atoms with E-state index in [-0.39, 0.29) is 17.2 Å². The molecule has 1 amide bonds. The first-order chi connectivity index (χ1) is 16.8. The molecule has 0 bridgehead atoms. The van der Waals surface area contributed by atoms with E-state index in [4.69, 9.17) is 0 Å². The number of aryl methyl sites for hydroxylation is 1. The van der Waals surface area contributed by atoms with Gasteiger partial charge < -0.3 is 15.2 Å². The van der Waals surface area contributed by atoms with Crippen LogP contribution in [0.3, 0.4) is 0 Å². The molecule has 5 rings (SSSR count). The average molecular weight is 482 g/mol. The van der Waals surface area contributed by atoms with E-state index in [0.29, 0.717) is 30.2 Å². The van der Waals surface area contributed by atoms with Crippen molar-refractivity contribution in [1.82, 2.24) is 20.2 Å². The SMILES string of the molecule is CNC(=O)c1ccc(N2CCN(C3CCC(c4cc5c(C)cc(F)cc5c(=O)[nH]4)C3)CC2)c(F)n1. The summed E-state index contributed by atoms with van der Waals surface area (Å²) in [5.74, 6) is -1.19. The molecule has 2 N–H and O–H groups in total. The van der Waals surface area contributed by atoms with Gasteiger partial charge in [0, 0.05) is 50.9 Å². The number of nitrogens with one attached hydrogen (secondary N) is 2. The molecule has 0 radical (unpaired) electrons. The van der Waals surface area contributed by atoms with Crippen LogP contribution < -0.4 is 15.8 Å². The highest BCUT2D eigenvalue weighted by atomic mass is 19.1. The van der Waals surface area contributed by atoms with Gasteiger partial charge in [0.05, 0.1) is 11.1 Å². The molecule has 2 fully saturated rings. The van der Waals surface area contributed by atoms with Crippen molar-refractivity contribution in [1.29, 1.82) is 0 Å². The standard InChI is InChI=1S/C26H29F2N5O2/c1-15-11-17(27)13-20-19(15)14-22(31-25(20)34)16-3-4-18(12-16)32-7-9-33(10-8-32)23-6-5-21(26(35)29-2)30-24(23)28/h5-6,11,13-14,16,18H,3-4,7-10,12H2,1-2H3,(H,29,35)(H,31,34). The molecule has 3 aromatic rings. The highest BCUT2D eigenvalue weighted by Crippen LogP contribution is 2.37. The minimum atomic E-state index is -0.629. The van der Waals surface area contributed by atoms with Crippen molar-refractivity contribution in [3.8, 4) is 0 Å². The topological polar surface area (TPSA) is 81.3 Å². The number of aromatic nitrogens is 2. The zero-order valence-corrected chi connectivity index (χ0v) is 19.9. The van der Waals surface area contributed by atoms with Gasteiger partial charge in [0.25, 0.3) is 11.5 Å². The van der Waals surface area contributed by atoms with Crippen molar-refractivity contribution in [2.24, 2.45) is 0 Å². The number of amides is 1. The summed E-state index contributed by atoms with van der Waals surface area (Å²) in [6, 6.07) is 8.34. The van der Waals surface area contributed by atoms with Crippen LogP contribution in [-0.4, -0.2) is 60.0 Å². The number of piperazine rings is 1. The molecule has 2 atom stereocenters. The number of carbonyl (C=O) groups excluding carboxylic acids is 1. The highest BCUT2D eigenvalue weighted by Gasteiger charge is 2.33. The Labute approximate surface area is 202 Å². The monoisotopic (exact) mass is 481 g/mol. The maximum Gasteiger partial charge on any atom is 0.269 e. The number of anilines is 1. The molecule has 7 nitrogen and oxygen atoms in total. The van der Waals surface area contributed by atoms with Crippen LogP contribution in [0, 0.1) is 18.7 Å². The Bertz CT molecular complexity index is 1330. The number of carbonyl (C=O) groups is 1. The van der Waals surface area contributed by atoms with E-state index in [1.54, 1.807) is 12.1 Å². The van der Waals surface area contributed by atoms with Gasteiger partial charge in [-0.15, -0.1) is 0 Å². The van der Waals surface area contributed by atoms with Crippen molar-refractivity contribution in [3.05, 3.63) is 69.4 Å². The minimum Gasteiger partial charge on any atom is -0.365 e. The van der Waals surface area contributed by atoms with E-state index in [2.05, 4.69) is 20.2 Å². The third kappa shape index (κ3) is 4.52. The molecule has 1 aromatic carbocycles. The van der Waals surface area contributed by atoms with E-state index in [1.165, 1.54) is 19.2 Å². The summed E-state index contributed by atoms with van der Waals surface area (Å²) in [6.45, 7) is 4.80. The van der Waals surface area contributed by atoms with Crippen LogP contribution in [-0.2, 0) is 0 Å². The molecule has 1 saturated carbocycles. The Morgan fingerprint density at radius 1 is 1.09 bits per heavy atom. The van der Waals surface area contributed by atoms with Gasteiger partial charge in [-0.25, -0.2) is 9.37 Å². The summed E-state index contributed by atoms with van der Waals surface area (Å²) in [6.07, 6.45) is 2.95. The molecule has 1 aliphatic heterocycles. The lowest BCUT2D eigenvalue weighted by atomic mass is 9.98. The quantitative estimate of drug-likeness (QED) is 0.559. The smallest absolute Gasteiger partial charge is 0.269 e. The second kappa shape index (κ2) is 9.37. The first-order valence-electron chi connectivity index (χ1n) is 12.0. The predicted molar refractivity (Wildman–Crippen MR) is 131 cm³/mol. The first kappa shape index (κ1) is 23.4. The van der Waals surface area contributed by atoms with Crippen LogP contribution in [0.15, 0.2) is 35.1 Å². The van der Waals surface area contributed by atoms with E-state index >= 15 is 0 Å². The molecule has 2 aromatic heterocycles. The van der Waals surface area contributed by atoms with Crippen molar-refractivity contribution >= 4 is 22.4 Å². The van der Waals surface area contributed by atoms with Crippen LogP contribution in [0.1, 0.15) is 46.9 Å². The fourth-order valence-corrected chi connectivity index (χ4v) is 5.56. The van der Waals surface area contributed by atoms with Gasteiger partial charge in [-0.05, 0) is 67.5 Å². The minimum absolute atomic E-state index is 0.0662. The van der Waals surface area contributed by atoms with Gasteiger partial charge >= 0.3 is 0 Å². The lowest BCUT2D eigenvalue weighted by Gasteiger charge is -2.39. The number of halogens is 2. The van der Waals surface area contributed by atoms with Crippen LogP contribution in [0.2, 0.25) is 0 Å². The van der Waals surface area contributed by atoms with Crippen molar-refractivity contribution in [2.75, 3.05) is 38.1 Å². The van der Waals surface area contributed by atoms with E-state index in [1.807, 2.05) is 17.9 Å². The van der Waals surface area contributed by atoms with Gasteiger partial charge in [-0.3, -0.25) is 14.5 Å². The third-order valence-corrected chi connectivity index (χ3v) is 7.46. The van der Waals surface area contributed by atoms with E-state index in [9.17, 15) is 18.4 Å².